The summed E-state index contributed by atoms with van der Waals surface area (Å²) in [6.45, 7) is 1.89. The Kier molecular flexibility index (Phi) is 4.27. The van der Waals surface area contributed by atoms with Crippen LogP contribution in [0.25, 0.3) is 0 Å². The van der Waals surface area contributed by atoms with E-state index in [4.69, 9.17) is 5.11 Å². The number of carbonyl (C=O) groups excluding carboxylic acids is 1. The first-order valence-electron chi connectivity index (χ1n) is 6.94. The molecule has 1 aliphatic carbocycles. The summed E-state index contributed by atoms with van der Waals surface area (Å²) >= 11 is 0. The van der Waals surface area contributed by atoms with Crippen molar-refractivity contribution in [2.24, 2.45) is 0 Å². The van der Waals surface area contributed by atoms with Crippen molar-refractivity contribution in [3.05, 3.63) is 35.9 Å². The Morgan fingerprint density at radius 2 is 1.95 bits per heavy atom. The molecule has 3 N–H and O–H groups in total. The van der Waals surface area contributed by atoms with Gasteiger partial charge in [-0.3, -0.25) is 0 Å². The van der Waals surface area contributed by atoms with Gasteiger partial charge in [-0.25, -0.2) is 9.59 Å². The van der Waals surface area contributed by atoms with Crippen LogP contribution < -0.4 is 10.6 Å². The zero-order chi connectivity index (χ0) is 14.6. The quantitative estimate of drug-likeness (QED) is 0.745. The fourth-order valence-electron chi connectivity index (χ4n) is 2.33. The third-order valence-electron chi connectivity index (χ3n) is 3.61. The lowest BCUT2D eigenvalue weighted by Gasteiger charge is -2.20. The lowest BCUT2D eigenvalue weighted by atomic mass is 10.1. The zero-order valence-corrected chi connectivity index (χ0v) is 11.6. The number of aliphatic carboxylic acids is 1. The fraction of sp³-hybridized carbons (Fsp3) is 0.467. The Balaban J connectivity index is 1.96. The predicted octanol–water partition coefficient (Wildman–Crippen LogP) is 2.23. The predicted molar refractivity (Wildman–Crippen MR) is 75.4 cm³/mol. The number of carbonyl (C=O) groups is 2. The van der Waals surface area contributed by atoms with E-state index in [1.54, 1.807) is 0 Å². The molecule has 1 atom stereocenters. The van der Waals surface area contributed by atoms with Crippen molar-refractivity contribution in [3.63, 3.8) is 0 Å². The molecule has 5 heteroatoms. The molecule has 20 heavy (non-hydrogen) atoms. The summed E-state index contributed by atoms with van der Waals surface area (Å²) < 4.78 is 0. The van der Waals surface area contributed by atoms with Gasteiger partial charge in [0.1, 0.15) is 6.04 Å². The summed E-state index contributed by atoms with van der Waals surface area (Å²) in [6, 6.07) is 8.53. The van der Waals surface area contributed by atoms with E-state index in [1.807, 2.05) is 37.3 Å². The molecule has 0 saturated heterocycles. The number of amides is 2. The number of nitrogens with one attached hydrogen (secondary N) is 2. The van der Waals surface area contributed by atoms with Gasteiger partial charge in [0.25, 0.3) is 0 Å². The zero-order valence-electron chi connectivity index (χ0n) is 11.6. The Morgan fingerprint density at radius 3 is 2.45 bits per heavy atom. The minimum Gasteiger partial charge on any atom is -0.480 e. The van der Waals surface area contributed by atoms with E-state index in [9.17, 15) is 9.59 Å². The second kappa shape index (κ2) is 5.94. The Morgan fingerprint density at radius 1 is 1.30 bits per heavy atom. The first kappa shape index (κ1) is 14.4. The Bertz CT molecular complexity index is 483. The van der Waals surface area contributed by atoms with Gasteiger partial charge in [0.15, 0.2) is 0 Å². The van der Waals surface area contributed by atoms with Crippen LogP contribution in [0.5, 0.6) is 0 Å². The fourth-order valence-corrected chi connectivity index (χ4v) is 2.33. The summed E-state index contributed by atoms with van der Waals surface area (Å²) in [4.78, 5) is 23.0. The number of urea groups is 1. The maximum atomic E-state index is 12.0. The average Bonchev–Trinajstić information content (AvgIpc) is 3.20. The second-order valence-corrected chi connectivity index (χ2v) is 5.23. The van der Waals surface area contributed by atoms with Crippen LogP contribution in [-0.4, -0.2) is 23.1 Å². The molecule has 5 nitrogen and oxygen atoms in total. The number of carboxylic acids is 1. The standard InChI is InChI=1S/C15H20N2O3/c1-2-6-12(13(18)19)16-14(20)17-15(9-10-15)11-7-4-3-5-8-11/h3-5,7-8,12H,2,6,9-10H2,1H3,(H,18,19)(H2,16,17,20). The summed E-state index contributed by atoms with van der Waals surface area (Å²) in [7, 11) is 0. The molecule has 0 aromatic heterocycles. The van der Waals surface area contributed by atoms with E-state index in [1.165, 1.54) is 0 Å². The monoisotopic (exact) mass is 276 g/mol. The largest absolute Gasteiger partial charge is 0.480 e. The second-order valence-electron chi connectivity index (χ2n) is 5.23. The Hall–Kier alpha value is -2.04. The van der Waals surface area contributed by atoms with Crippen LogP contribution >= 0.6 is 0 Å². The van der Waals surface area contributed by atoms with Crippen LogP contribution in [0.2, 0.25) is 0 Å². The molecule has 0 aliphatic heterocycles. The maximum absolute atomic E-state index is 12.0. The van der Waals surface area contributed by atoms with Crippen LogP contribution in [-0.2, 0) is 10.3 Å². The van der Waals surface area contributed by atoms with Crippen LogP contribution in [0.4, 0.5) is 4.79 Å². The summed E-state index contributed by atoms with van der Waals surface area (Å²) in [5.74, 6) is -0.994. The lowest BCUT2D eigenvalue weighted by Crippen LogP contribution is -2.49. The molecule has 1 saturated carbocycles. The molecule has 0 bridgehead atoms. The van der Waals surface area contributed by atoms with Gasteiger partial charge >= 0.3 is 12.0 Å². The van der Waals surface area contributed by atoms with Crippen LogP contribution in [0, 0.1) is 0 Å². The van der Waals surface area contributed by atoms with E-state index < -0.39 is 18.0 Å². The molecule has 1 aromatic carbocycles. The van der Waals surface area contributed by atoms with Crippen molar-refractivity contribution in [2.75, 3.05) is 0 Å². The first-order valence-corrected chi connectivity index (χ1v) is 6.94. The molecule has 0 spiro atoms. The van der Waals surface area contributed by atoms with E-state index >= 15 is 0 Å². The van der Waals surface area contributed by atoms with Gasteiger partial charge in [-0.2, -0.15) is 0 Å². The van der Waals surface area contributed by atoms with Crippen LogP contribution in [0.1, 0.15) is 38.2 Å². The van der Waals surface area contributed by atoms with E-state index in [0.717, 1.165) is 18.4 Å². The van der Waals surface area contributed by atoms with Gasteiger partial charge < -0.3 is 15.7 Å². The smallest absolute Gasteiger partial charge is 0.326 e. The molecule has 0 radical (unpaired) electrons. The third-order valence-corrected chi connectivity index (χ3v) is 3.61. The molecule has 1 aliphatic rings. The van der Waals surface area contributed by atoms with Gasteiger partial charge in [-0.05, 0) is 24.8 Å². The summed E-state index contributed by atoms with van der Waals surface area (Å²) in [6.07, 6.45) is 2.91. The molecule has 1 unspecified atom stereocenters. The first-order chi connectivity index (χ1) is 9.57. The van der Waals surface area contributed by atoms with E-state index in [0.29, 0.717) is 12.8 Å². The van der Waals surface area contributed by atoms with Crippen molar-refractivity contribution in [2.45, 2.75) is 44.2 Å². The van der Waals surface area contributed by atoms with E-state index in [2.05, 4.69) is 10.6 Å². The molecule has 2 rings (SSSR count). The molecule has 1 aromatic rings. The van der Waals surface area contributed by atoms with Crippen molar-refractivity contribution in [1.29, 1.82) is 0 Å². The van der Waals surface area contributed by atoms with Crippen molar-refractivity contribution in [3.8, 4) is 0 Å². The van der Waals surface area contributed by atoms with Gasteiger partial charge in [0.05, 0.1) is 5.54 Å². The van der Waals surface area contributed by atoms with E-state index in [-0.39, 0.29) is 5.54 Å². The lowest BCUT2D eigenvalue weighted by molar-refractivity contribution is -0.139. The Labute approximate surface area is 118 Å². The van der Waals surface area contributed by atoms with Crippen molar-refractivity contribution < 1.29 is 14.7 Å². The number of carboxylic acid groups (broad SMARTS) is 1. The number of hydrogen-bond acceptors (Lipinski definition) is 2. The van der Waals surface area contributed by atoms with Gasteiger partial charge in [0.2, 0.25) is 0 Å². The summed E-state index contributed by atoms with van der Waals surface area (Å²) in [5.41, 5.74) is 0.748. The number of benzene rings is 1. The number of hydrogen-bond donors (Lipinski definition) is 3. The minimum absolute atomic E-state index is 0.319. The minimum atomic E-state index is -0.994. The van der Waals surface area contributed by atoms with Gasteiger partial charge in [-0.15, -0.1) is 0 Å². The van der Waals surface area contributed by atoms with Crippen molar-refractivity contribution in [1.82, 2.24) is 10.6 Å². The summed E-state index contributed by atoms with van der Waals surface area (Å²) in [5, 5.41) is 14.5. The SMILES string of the molecule is CCCC(NC(=O)NC1(c2ccccc2)CC1)C(=O)O. The highest BCUT2D eigenvalue weighted by molar-refractivity contribution is 5.83. The molecular weight excluding hydrogens is 256 g/mol. The molecule has 108 valence electrons. The van der Waals surface area contributed by atoms with Crippen molar-refractivity contribution >= 4 is 12.0 Å². The highest BCUT2D eigenvalue weighted by atomic mass is 16.4. The number of rotatable bonds is 6. The molecule has 0 heterocycles. The molecular formula is C15H20N2O3. The third kappa shape index (κ3) is 3.29. The van der Waals surface area contributed by atoms with Crippen LogP contribution in [0.3, 0.4) is 0 Å². The molecule has 1 fully saturated rings. The highest BCUT2D eigenvalue weighted by Gasteiger charge is 2.45. The topological polar surface area (TPSA) is 78.4 Å². The highest BCUT2D eigenvalue weighted by Crippen LogP contribution is 2.45. The average molecular weight is 276 g/mol. The van der Waals surface area contributed by atoms with Gasteiger partial charge in [0, 0.05) is 0 Å². The van der Waals surface area contributed by atoms with Gasteiger partial charge in [-0.1, -0.05) is 43.7 Å². The normalized spacial score (nSPS) is 17.1. The maximum Gasteiger partial charge on any atom is 0.326 e. The van der Waals surface area contributed by atoms with Crippen LogP contribution in [0.15, 0.2) is 30.3 Å². The molecule has 2 amide bonds.